The van der Waals surface area contributed by atoms with Crippen LogP contribution in [0.4, 0.5) is 0 Å². The van der Waals surface area contributed by atoms with Gasteiger partial charge in [-0.05, 0) is 42.3 Å². The molecule has 1 N–H and O–H groups in total. The third kappa shape index (κ3) is 5.39. The maximum Gasteiger partial charge on any atom is 0.244 e. The van der Waals surface area contributed by atoms with Gasteiger partial charge >= 0.3 is 0 Å². The Morgan fingerprint density at radius 1 is 1.03 bits per heavy atom. The smallest absolute Gasteiger partial charge is 0.244 e. The quantitative estimate of drug-likeness (QED) is 0.607. The molecule has 1 aromatic heterocycles. The minimum absolute atomic E-state index is 0.0556. The lowest BCUT2D eigenvalue weighted by Gasteiger charge is -2.18. The van der Waals surface area contributed by atoms with Gasteiger partial charge in [-0.15, -0.1) is 0 Å². The highest BCUT2D eigenvalue weighted by molar-refractivity contribution is 7.91. The highest BCUT2D eigenvalue weighted by atomic mass is 32.2. The third-order valence-corrected chi connectivity index (χ3v) is 6.59. The Morgan fingerprint density at radius 3 is 2.41 bits per heavy atom. The highest BCUT2D eigenvalue weighted by Crippen LogP contribution is 2.27. The first kappa shape index (κ1) is 20.5. The van der Waals surface area contributed by atoms with Gasteiger partial charge in [-0.1, -0.05) is 54.1 Å². The van der Waals surface area contributed by atoms with Gasteiger partial charge in [0.15, 0.2) is 9.84 Å². The van der Waals surface area contributed by atoms with Crippen LogP contribution >= 0.6 is 0 Å². The van der Waals surface area contributed by atoms with Gasteiger partial charge in [0.25, 0.3) is 0 Å². The van der Waals surface area contributed by atoms with Gasteiger partial charge in [-0.25, -0.2) is 8.42 Å². The topological polar surface area (TPSA) is 76.1 Å². The lowest BCUT2D eigenvalue weighted by molar-refractivity contribution is -0.116. The van der Waals surface area contributed by atoms with E-state index in [4.69, 9.17) is 0 Å². The van der Waals surface area contributed by atoms with Gasteiger partial charge in [0.2, 0.25) is 5.91 Å². The monoisotopic (exact) mass is 406 g/mol. The second-order valence-corrected chi connectivity index (χ2v) is 8.75. The highest BCUT2D eigenvalue weighted by Gasteiger charge is 2.29. The number of sulfone groups is 1. The van der Waals surface area contributed by atoms with Crippen LogP contribution in [0.1, 0.15) is 21.9 Å². The number of pyridine rings is 1. The van der Waals surface area contributed by atoms with Gasteiger partial charge in [0, 0.05) is 25.0 Å². The van der Waals surface area contributed by atoms with Crippen molar-refractivity contribution in [2.75, 3.05) is 6.54 Å². The molecule has 0 aliphatic heterocycles. The van der Waals surface area contributed by atoms with Crippen molar-refractivity contribution < 1.29 is 13.2 Å². The van der Waals surface area contributed by atoms with Gasteiger partial charge in [-0.3, -0.25) is 9.78 Å². The van der Waals surface area contributed by atoms with Crippen molar-refractivity contribution in [3.8, 4) is 0 Å². The zero-order valence-electron chi connectivity index (χ0n) is 16.0. The van der Waals surface area contributed by atoms with Crippen molar-refractivity contribution in [3.05, 3.63) is 102 Å². The number of nitrogens with one attached hydrogen (secondary N) is 1. The molecular weight excluding hydrogens is 384 g/mol. The van der Waals surface area contributed by atoms with Crippen molar-refractivity contribution in [2.24, 2.45) is 0 Å². The summed E-state index contributed by atoms with van der Waals surface area (Å²) in [6, 6.07) is 19.4. The molecule has 5 nitrogen and oxygen atoms in total. The number of aromatic nitrogens is 1. The molecule has 3 rings (SSSR count). The van der Waals surface area contributed by atoms with Gasteiger partial charge in [0.1, 0.15) is 5.25 Å². The van der Waals surface area contributed by atoms with Crippen LogP contribution in [0.25, 0.3) is 6.08 Å². The molecule has 1 heterocycles. The van der Waals surface area contributed by atoms with Crippen LogP contribution < -0.4 is 5.32 Å². The van der Waals surface area contributed by atoms with Gasteiger partial charge in [0.05, 0.1) is 4.90 Å². The minimum Gasteiger partial charge on any atom is -0.351 e. The molecule has 0 saturated heterocycles. The lowest BCUT2D eigenvalue weighted by atomic mass is 10.1. The first-order valence-corrected chi connectivity index (χ1v) is 10.7. The fourth-order valence-corrected chi connectivity index (χ4v) is 4.51. The van der Waals surface area contributed by atoms with E-state index >= 15 is 0 Å². The second-order valence-electron chi connectivity index (χ2n) is 6.62. The first-order chi connectivity index (χ1) is 14.0. The fraction of sp³-hybridized carbons (Fsp3) is 0.130. The number of hydrogen-bond acceptors (Lipinski definition) is 4. The summed E-state index contributed by atoms with van der Waals surface area (Å²) in [5.74, 6) is -0.359. The van der Waals surface area contributed by atoms with E-state index in [1.54, 1.807) is 54.7 Å². The summed E-state index contributed by atoms with van der Waals surface area (Å²) in [5, 5.41) is 1.77. The number of hydrogen-bond donors (Lipinski definition) is 1. The molecule has 0 aliphatic carbocycles. The van der Waals surface area contributed by atoms with E-state index in [1.807, 2.05) is 31.2 Å². The zero-order valence-corrected chi connectivity index (χ0v) is 16.8. The van der Waals surface area contributed by atoms with Crippen molar-refractivity contribution in [1.29, 1.82) is 0 Å². The average molecular weight is 407 g/mol. The third-order valence-electron chi connectivity index (χ3n) is 4.47. The van der Waals surface area contributed by atoms with Crippen LogP contribution in [0.5, 0.6) is 0 Å². The number of benzene rings is 2. The summed E-state index contributed by atoms with van der Waals surface area (Å²) >= 11 is 0. The average Bonchev–Trinajstić information content (AvgIpc) is 2.75. The standard InChI is InChI=1S/C23H22N2O3S/c1-18-9-11-19(12-10-18)13-14-23(26)25-17-22(20-6-5-15-24-16-20)29(27,28)21-7-3-2-4-8-21/h2-16,22H,17H2,1H3,(H,25,26)/b14-13+. The molecule has 0 spiro atoms. The van der Waals surface area contributed by atoms with Gasteiger partial charge in [-0.2, -0.15) is 0 Å². The van der Waals surface area contributed by atoms with Crippen LogP contribution in [0.15, 0.2) is 90.1 Å². The largest absolute Gasteiger partial charge is 0.351 e. The van der Waals surface area contributed by atoms with Gasteiger partial charge < -0.3 is 5.32 Å². The van der Waals surface area contributed by atoms with Crippen LogP contribution in [0.2, 0.25) is 0 Å². The number of rotatable bonds is 7. The Balaban J connectivity index is 1.77. The zero-order chi connectivity index (χ0) is 20.7. The molecule has 0 fully saturated rings. The van der Waals surface area contributed by atoms with Crippen LogP contribution in [-0.4, -0.2) is 25.9 Å². The summed E-state index contributed by atoms with van der Waals surface area (Å²) < 4.78 is 26.3. The van der Waals surface area contributed by atoms with E-state index in [1.165, 1.54) is 12.3 Å². The number of nitrogens with zero attached hydrogens (tertiary/aromatic N) is 1. The summed E-state index contributed by atoms with van der Waals surface area (Å²) in [6.45, 7) is 1.94. The minimum atomic E-state index is -3.70. The summed E-state index contributed by atoms with van der Waals surface area (Å²) in [4.78, 5) is 16.5. The molecule has 0 aliphatic rings. The van der Waals surface area contributed by atoms with E-state index in [2.05, 4.69) is 10.3 Å². The maximum atomic E-state index is 13.2. The van der Waals surface area contributed by atoms with Crippen LogP contribution in [-0.2, 0) is 14.6 Å². The van der Waals surface area contributed by atoms with E-state index in [0.29, 0.717) is 5.56 Å². The molecule has 0 radical (unpaired) electrons. The number of amides is 1. The number of aryl methyl sites for hydroxylation is 1. The van der Waals surface area contributed by atoms with Crippen molar-refractivity contribution in [2.45, 2.75) is 17.1 Å². The molecule has 1 amide bonds. The molecule has 6 heteroatoms. The van der Waals surface area contributed by atoms with E-state index < -0.39 is 15.1 Å². The molecule has 0 saturated carbocycles. The van der Waals surface area contributed by atoms with Crippen molar-refractivity contribution >= 4 is 21.8 Å². The SMILES string of the molecule is Cc1ccc(/C=C/C(=O)NCC(c2cccnc2)S(=O)(=O)c2ccccc2)cc1. The molecule has 1 unspecified atom stereocenters. The predicted molar refractivity (Wildman–Crippen MR) is 114 cm³/mol. The molecule has 29 heavy (non-hydrogen) atoms. The maximum absolute atomic E-state index is 13.2. The van der Waals surface area contributed by atoms with Crippen molar-refractivity contribution in [3.63, 3.8) is 0 Å². The van der Waals surface area contributed by atoms with E-state index in [0.717, 1.165) is 11.1 Å². The fourth-order valence-electron chi connectivity index (χ4n) is 2.85. The molecule has 0 bridgehead atoms. The Hall–Kier alpha value is -3.25. The molecular formula is C23H22N2O3S. The predicted octanol–water partition coefficient (Wildman–Crippen LogP) is 3.73. The van der Waals surface area contributed by atoms with E-state index in [9.17, 15) is 13.2 Å². The molecule has 2 aromatic carbocycles. The Bertz CT molecular complexity index is 1080. The van der Waals surface area contributed by atoms with Crippen LogP contribution in [0.3, 0.4) is 0 Å². The summed E-state index contributed by atoms with van der Waals surface area (Å²) in [6.07, 6.45) is 6.19. The Morgan fingerprint density at radius 2 is 1.76 bits per heavy atom. The number of carbonyl (C=O) groups excluding carboxylic acids is 1. The molecule has 3 aromatic rings. The van der Waals surface area contributed by atoms with Crippen molar-refractivity contribution in [1.82, 2.24) is 10.3 Å². The normalized spacial score (nSPS) is 12.6. The Kier molecular flexibility index (Phi) is 6.57. The Labute approximate surface area is 171 Å². The first-order valence-electron chi connectivity index (χ1n) is 9.18. The summed E-state index contributed by atoms with van der Waals surface area (Å²) in [7, 11) is -3.70. The van der Waals surface area contributed by atoms with Crippen LogP contribution in [0, 0.1) is 6.92 Å². The second kappa shape index (κ2) is 9.30. The van der Waals surface area contributed by atoms with E-state index in [-0.39, 0.29) is 17.3 Å². The molecule has 1 atom stereocenters. The number of carbonyl (C=O) groups is 1. The molecule has 148 valence electrons. The lowest BCUT2D eigenvalue weighted by Crippen LogP contribution is -2.31. The summed E-state index contributed by atoms with van der Waals surface area (Å²) in [5.41, 5.74) is 2.56.